The Kier molecular flexibility index (Phi) is 28.2. The second-order valence-electron chi connectivity index (χ2n) is 11.0. The van der Waals surface area contributed by atoms with Crippen LogP contribution in [-0.4, -0.2) is 23.1 Å². The number of rotatable bonds is 29. The van der Waals surface area contributed by atoms with Crippen LogP contribution in [-0.2, 0) is 14.3 Å². The lowest BCUT2D eigenvalue weighted by Crippen LogP contribution is -2.19. The van der Waals surface area contributed by atoms with Crippen molar-refractivity contribution in [1.82, 2.24) is 0 Å². The third kappa shape index (κ3) is 29.1. The molecule has 0 aliphatic rings. The Morgan fingerprint density at radius 2 is 1.03 bits per heavy atom. The number of hydrogen-bond acceptors (Lipinski definition) is 3. The molecule has 1 unspecified atom stereocenters. The minimum atomic E-state index is -0.813. The van der Waals surface area contributed by atoms with Gasteiger partial charge in [0.15, 0.2) is 0 Å². The Hall–Kier alpha value is -1.32. The summed E-state index contributed by atoms with van der Waals surface area (Å²) in [5, 5.41) is 9.05. The van der Waals surface area contributed by atoms with E-state index in [4.69, 9.17) is 9.84 Å². The summed E-state index contributed by atoms with van der Waals surface area (Å²) >= 11 is 0. The van der Waals surface area contributed by atoms with E-state index < -0.39 is 5.97 Å². The van der Waals surface area contributed by atoms with E-state index in [1.807, 2.05) is 0 Å². The second kappa shape index (κ2) is 29.2. The molecule has 0 aromatic carbocycles. The standard InChI is InChI=1S/C33H62O4/c1-3-5-7-9-11-13-15-17-19-21-23-25-27-31(29-30-32(34)35)37-33(36)28-26-24-22-20-18-16-14-12-10-8-6-4-2/h10,12,31H,3-9,11,13-30H2,1-2H3,(H,34,35)/b12-10-. The van der Waals surface area contributed by atoms with E-state index in [0.29, 0.717) is 12.8 Å². The highest BCUT2D eigenvalue weighted by atomic mass is 16.5. The van der Waals surface area contributed by atoms with Crippen LogP contribution in [0.25, 0.3) is 0 Å². The first-order valence-electron chi connectivity index (χ1n) is 16.2. The minimum absolute atomic E-state index is 0.0734. The maximum absolute atomic E-state index is 12.3. The molecule has 0 aromatic rings. The molecule has 0 rings (SSSR count). The Bertz CT molecular complexity index is 528. The quantitative estimate of drug-likeness (QED) is 0.0602. The number of aliphatic carboxylic acids is 1. The lowest BCUT2D eigenvalue weighted by atomic mass is 10.0. The van der Waals surface area contributed by atoms with Gasteiger partial charge in [0.25, 0.3) is 0 Å². The van der Waals surface area contributed by atoms with Crippen LogP contribution in [0.5, 0.6) is 0 Å². The summed E-state index contributed by atoms with van der Waals surface area (Å²) < 4.78 is 5.69. The third-order valence-corrected chi connectivity index (χ3v) is 7.25. The molecule has 4 nitrogen and oxygen atoms in total. The Morgan fingerprint density at radius 3 is 1.57 bits per heavy atom. The Labute approximate surface area is 230 Å². The molecule has 0 saturated heterocycles. The van der Waals surface area contributed by atoms with Gasteiger partial charge in [0.05, 0.1) is 0 Å². The van der Waals surface area contributed by atoms with Gasteiger partial charge in [-0.05, 0) is 44.9 Å². The molecule has 0 saturated carbocycles. The molecule has 0 bridgehead atoms. The molecule has 0 aliphatic carbocycles. The van der Waals surface area contributed by atoms with Crippen molar-refractivity contribution in [1.29, 1.82) is 0 Å². The van der Waals surface area contributed by atoms with Gasteiger partial charge in [-0.15, -0.1) is 0 Å². The average Bonchev–Trinajstić information content (AvgIpc) is 2.88. The van der Waals surface area contributed by atoms with E-state index in [-0.39, 0.29) is 18.5 Å². The average molecular weight is 523 g/mol. The zero-order valence-electron chi connectivity index (χ0n) is 24.8. The van der Waals surface area contributed by atoms with Crippen LogP contribution in [0.1, 0.15) is 181 Å². The van der Waals surface area contributed by atoms with Crippen LogP contribution < -0.4 is 0 Å². The van der Waals surface area contributed by atoms with E-state index in [1.54, 1.807) is 0 Å². The van der Waals surface area contributed by atoms with Gasteiger partial charge in [-0.25, -0.2) is 0 Å². The molecular weight excluding hydrogens is 460 g/mol. The van der Waals surface area contributed by atoms with Gasteiger partial charge >= 0.3 is 11.9 Å². The van der Waals surface area contributed by atoms with Gasteiger partial charge in [-0.1, -0.05) is 135 Å². The maximum Gasteiger partial charge on any atom is 0.306 e. The van der Waals surface area contributed by atoms with Crippen LogP contribution in [0.2, 0.25) is 0 Å². The summed E-state index contributed by atoms with van der Waals surface area (Å²) in [5.41, 5.74) is 0. The Morgan fingerprint density at radius 1 is 0.568 bits per heavy atom. The summed E-state index contributed by atoms with van der Waals surface area (Å²) in [6.07, 6.45) is 33.6. The highest BCUT2D eigenvalue weighted by Gasteiger charge is 2.15. The van der Waals surface area contributed by atoms with Crippen LogP contribution in [0, 0.1) is 0 Å². The van der Waals surface area contributed by atoms with E-state index in [2.05, 4.69) is 26.0 Å². The van der Waals surface area contributed by atoms with E-state index in [0.717, 1.165) is 32.1 Å². The fraction of sp³-hybridized carbons (Fsp3) is 0.879. The Balaban J connectivity index is 3.79. The molecule has 4 heteroatoms. The summed E-state index contributed by atoms with van der Waals surface area (Å²) in [4.78, 5) is 23.3. The molecule has 0 aromatic heterocycles. The molecule has 0 amide bonds. The van der Waals surface area contributed by atoms with E-state index >= 15 is 0 Å². The lowest BCUT2D eigenvalue weighted by Gasteiger charge is -2.17. The van der Waals surface area contributed by atoms with Gasteiger partial charge in [0.2, 0.25) is 0 Å². The molecule has 1 N–H and O–H groups in total. The van der Waals surface area contributed by atoms with Crippen molar-refractivity contribution in [2.45, 2.75) is 187 Å². The highest BCUT2D eigenvalue weighted by Crippen LogP contribution is 2.17. The highest BCUT2D eigenvalue weighted by molar-refractivity contribution is 5.69. The van der Waals surface area contributed by atoms with E-state index in [1.165, 1.54) is 116 Å². The topological polar surface area (TPSA) is 63.6 Å². The predicted molar refractivity (Wildman–Crippen MR) is 158 cm³/mol. The lowest BCUT2D eigenvalue weighted by molar-refractivity contribution is -0.151. The summed E-state index contributed by atoms with van der Waals surface area (Å²) in [5.74, 6) is -0.960. The first kappa shape index (κ1) is 35.7. The molecule has 0 spiro atoms. The van der Waals surface area contributed by atoms with Crippen molar-refractivity contribution in [3.05, 3.63) is 12.2 Å². The number of carbonyl (C=O) groups excluding carboxylic acids is 1. The summed E-state index contributed by atoms with van der Waals surface area (Å²) in [7, 11) is 0. The van der Waals surface area contributed by atoms with Crippen molar-refractivity contribution < 1.29 is 19.4 Å². The SMILES string of the molecule is CCCC/C=C\CCCCCCCCC(=O)OC(CCCCCCCCCCCCCC)CCC(=O)O. The van der Waals surface area contributed by atoms with Gasteiger partial charge in [-0.3, -0.25) is 9.59 Å². The van der Waals surface area contributed by atoms with Crippen LogP contribution >= 0.6 is 0 Å². The van der Waals surface area contributed by atoms with Crippen LogP contribution in [0.15, 0.2) is 12.2 Å². The molecule has 0 heterocycles. The van der Waals surface area contributed by atoms with Crippen molar-refractivity contribution >= 4 is 11.9 Å². The van der Waals surface area contributed by atoms with Crippen molar-refractivity contribution in [2.24, 2.45) is 0 Å². The number of carboxylic acids is 1. The normalized spacial score (nSPS) is 12.3. The molecule has 1 atom stereocenters. The third-order valence-electron chi connectivity index (χ3n) is 7.25. The number of unbranched alkanes of at least 4 members (excludes halogenated alkanes) is 19. The maximum atomic E-state index is 12.3. The number of carboxylic acid groups (broad SMARTS) is 1. The zero-order chi connectivity index (χ0) is 27.2. The first-order chi connectivity index (χ1) is 18.1. The molecular formula is C33H62O4. The second-order valence-corrected chi connectivity index (χ2v) is 11.0. The fourth-order valence-electron chi connectivity index (χ4n) is 4.80. The molecule has 0 aliphatic heterocycles. The molecule has 218 valence electrons. The number of allylic oxidation sites excluding steroid dienone is 2. The largest absolute Gasteiger partial charge is 0.481 e. The smallest absolute Gasteiger partial charge is 0.306 e. The fourth-order valence-corrected chi connectivity index (χ4v) is 4.80. The summed E-state index contributed by atoms with van der Waals surface area (Å²) in [6, 6.07) is 0. The molecule has 0 radical (unpaired) electrons. The number of carbonyl (C=O) groups is 2. The van der Waals surface area contributed by atoms with Crippen molar-refractivity contribution in [3.8, 4) is 0 Å². The monoisotopic (exact) mass is 522 g/mol. The summed E-state index contributed by atoms with van der Waals surface area (Å²) in [6.45, 7) is 4.49. The van der Waals surface area contributed by atoms with Gasteiger partial charge < -0.3 is 9.84 Å². The van der Waals surface area contributed by atoms with E-state index in [9.17, 15) is 9.59 Å². The van der Waals surface area contributed by atoms with Gasteiger partial charge in [0.1, 0.15) is 6.10 Å². The number of hydrogen-bond donors (Lipinski definition) is 1. The minimum Gasteiger partial charge on any atom is -0.481 e. The van der Waals surface area contributed by atoms with Gasteiger partial charge in [0, 0.05) is 12.8 Å². The van der Waals surface area contributed by atoms with Crippen molar-refractivity contribution in [3.63, 3.8) is 0 Å². The van der Waals surface area contributed by atoms with Gasteiger partial charge in [-0.2, -0.15) is 0 Å². The van der Waals surface area contributed by atoms with Crippen LogP contribution in [0.4, 0.5) is 0 Å². The predicted octanol–water partition coefficient (Wildman–Crippen LogP) is 10.7. The first-order valence-corrected chi connectivity index (χ1v) is 16.2. The van der Waals surface area contributed by atoms with Crippen molar-refractivity contribution in [2.75, 3.05) is 0 Å². The zero-order valence-corrected chi connectivity index (χ0v) is 24.8. The number of esters is 1. The number of ether oxygens (including phenoxy) is 1. The van der Waals surface area contributed by atoms with Crippen LogP contribution in [0.3, 0.4) is 0 Å². The molecule has 0 fully saturated rings. The molecule has 37 heavy (non-hydrogen) atoms.